The van der Waals surface area contributed by atoms with Gasteiger partial charge in [-0.15, -0.1) is 0 Å². The predicted molar refractivity (Wildman–Crippen MR) is 69.5 cm³/mol. The van der Waals surface area contributed by atoms with E-state index in [2.05, 4.69) is 0 Å². The summed E-state index contributed by atoms with van der Waals surface area (Å²) in [5.41, 5.74) is 5.10. The van der Waals surface area contributed by atoms with Crippen molar-refractivity contribution in [2.75, 3.05) is 0 Å². The van der Waals surface area contributed by atoms with E-state index < -0.39 is 23.6 Å². The van der Waals surface area contributed by atoms with Gasteiger partial charge < -0.3 is 5.73 Å². The van der Waals surface area contributed by atoms with E-state index >= 15 is 0 Å². The van der Waals surface area contributed by atoms with Crippen molar-refractivity contribution in [2.45, 2.75) is 51.2 Å². The predicted octanol–water partition coefficient (Wildman–Crippen LogP) is 4.81. The average Bonchev–Trinajstić information content (AvgIpc) is 2.38. The van der Waals surface area contributed by atoms with Crippen LogP contribution in [0.1, 0.15) is 56.2 Å². The summed E-state index contributed by atoms with van der Waals surface area (Å²) in [6.07, 6.45) is 0.321. The first-order valence-corrected chi connectivity index (χ1v) is 6.86. The Hall–Kier alpha value is -1.10. The van der Waals surface area contributed by atoms with Gasteiger partial charge in [0.1, 0.15) is 5.82 Å². The quantitative estimate of drug-likeness (QED) is 0.776. The van der Waals surface area contributed by atoms with Gasteiger partial charge >= 0.3 is 6.18 Å². The molecule has 1 fully saturated rings. The zero-order chi connectivity index (χ0) is 15.0. The van der Waals surface area contributed by atoms with Crippen LogP contribution in [0.4, 0.5) is 17.6 Å². The van der Waals surface area contributed by atoms with Gasteiger partial charge in [0.2, 0.25) is 0 Å². The van der Waals surface area contributed by atoms with Crippen LogP contribution in [0.15, 0.2) is 18.2 Å². The standard InChI is InChI=1S/C15H19F4N/c1-14(7-3-2-4-8-14)13(20)10-5-6-12(16)11(9-10)15(17,18)19/h5-6,9,13H,2-4,7-8,20H2,1H3. The molecule has 1 unspecified atom stereocenters. The van der Waals surface area contributed by atoms with Gasteiger partial charge in [-0.05, 0) is 36.0 Å². The molecule has 1 aromatic rings. The number of halogens is 4. The van der Waals surface area contributed by atoms with Crippen molar-refractivity contribution in [3.05, 3.63) is 35.1 Å². The number of benzene rings is 1. The average molecular weight is 289 g/mol. The first kappa shape index (κ1) is 15.3. The topological polar surface area (TPSA) is 26.0 Å². The third-order valence-electron chi connectivity index (χ3n) is 4.40. The Morgan fingerprint density at radius 3 is 2.30 bits per heavy atom. The lowest BCUT2D eigenvalue weighted by molar-refractivity contribution is -0.140. The normalized spacial score (nSPS) is 20.7. The highest BCUT2D eigenvalue weighted by Gasteiger charge is 2.37. The second-order valence-electron chi connectivity index (χ2n) is 5.93. The molecule has 1 aromatic carbocycles. The van der Waals surface area contributed by atoms with E-state index in [0.29, 0.717) is 5.56 Å². The summed E-state index contributed by atoms with van der Waals surface area (Å²) >= 11 is 0. The van der Waals surface area contributed by atoms with Gasteiger partial charge in [-0.2, -0.15) is 13.2 Å². The van der Waals surface area contributed by atoms with Crippen LogP contribution in [0, 0.1) is 11.2 Å². The maximum Gasteiger partial charge on any atom is 0.419 e. The van der Waals surface area contributed by atoms with Gasteiger partial charge in [0, 0.05) is 6.04 Å². The molecule has 20 heavy (non-hydrogen) atoms. The molecule has 1 nitrogen and oxygen atoms in total. The van der Waals surface area contributed by atoms with E-state index in [1.165, 1.54) is 6.07 Å². The van der Waals surface area contributed by atoms with Gasteiger partial charge in [0.15, 0.2) is 0 Å². The molecule has 0 saturated heterocycles. The van der Waals surface area contributed by atoms with Crippen LogP contribution in [0.2, 0.25) is 0 Å². The maximum atomic E-state index is 13.3. The Morgan fingerprint density at radius 2 is 1.75 bits per heavy atom. The van der Waals surface area contributed by atoms with Gasteiger partial charge in [-0.1, -0.05) is 32.3 Å². The molecule has 0 heterocycles. The summed E-state index contributed by atoms with van der Waals surface area (Å²) in [7, 11) is 0. The van der Waals surface area contributed by atoms with E-state index in [4.69, 9.17) is 5.73 Å². The number of alkyl halides is 3. The van der Waals surface area contributed by atoms with Gasteiger partial charge in [-0.25, -0.2) is 4.39 Å². The summed E-state index contributed by atoms with van der Waals surface area (Å²) in [6, 6.07) is 2.60. The molecule has 0 spiro atoms. The summed E-state index contributed by atoms with van der Waals surface area (Å²) in [6.45, 7) is 2.01. The van der Waals surface area contributed by atoms with Crippen molar-refractivity contribution in [2.24, 2.45) is 11.1 Å². The lowest BCUT2D eigenvalue weighted by atomic mass is 9.69. The van der Waals surface area contributed by atoms with Gasteiger partial charge in [0.25, 0.3) is 0 Å². The molecule has 2 rings (SSSR count). The molecule has 0 bridgehead atoms. The third-order valence-corrected chi connectivity index (χ3v) is 4.40. The Bertz CT molecular complexity index is 475. The number of hydrogen-bond acceptors (Lipinski definition) is 1. The molecule has 2 N–H and O–H groups in total. The molecule has 0 aromatic heterocycles. The summed E-state index contributed by atoms with van der Waals surface area (Å²) in [5, 5.41) is 0. The van der Waals surface area contributed by atoms with Crippen molar-refractivity contribution >= 4 is 0 Å². The summed E-state index contributed by atoms with van der Waals surface area (Å²) in [4.78, 5) is 0. The Labute approximate surface area is 116 Å². The van der Waals surface area contributed by atoms with E-state index in [1.54, 1.807) is 0 Å². The minimum absolute atomic E-state index is 0.209. The second-order valence-corrected chi connectivity index (χ2v) is 5.93. The monoisotopic (exact) mass is 289 g/mol. The van der Waals surface area contributed by atoms with Crippen LogP contribution >= 0.6 is 0 Å². The fourth-order valence-corrected chi connectivity index (χ4v) is 3.03. The molecule has 0 radical (unpaired) electrons. The summed E-state index contributed by atoms with van der Waals surface area (Å²) in [5.74, 6) is -1.25. The molecule has 1 atom stereocenters. The molecule has 5 heteroatoms. The SMILES string of the molecule is CC1(C(N)c2ccc(F)c(C(F)(F)F)c2)CCCCC1. The van der Waals surface area contributed by atoms with Crippen LogP contribution < -0.4 is 5.73 Å². The smallest absolute Gasteiger partial charge is 0.323 e. The van der Waals surface area contributed by atoms with Crippen LogP contribution in [0.5, 0.6) is 0 Å². The molecular weight excluding hydrogens is 270 g/mol. The van der Waals surface area contributed by atoms with Crippen LogP contribution in [-0.2, 0) is 6.18 Å². The molecule has 112 valence electrons. The first-order chi connectivity index (χ1) is 9.24. The fourth-order valence-electron chi connectivity index (χ4n) is 3.03. The Kier molecular flexibility index (Phi) is 4.09. The minimum atomic E-state index is -4.69. The molecule has 1 saturated carbocycles. The van der Waals surface area contributed by atoms with Gasteiger partial charge in [-0.3, -0.25) is 0 Å². The maximum absolute atomic E-state index is 13.3. The molecule has 1 aliphatic rings. The van der Waals surface area contributed by atoms with Crippen molar-refractivity contribution in [1.29, 1.82) is 0 Å². The molecular formula is C15H19F4N. The Balaban J connectivity index is 2.33. The van der Waals surface area contributed by atoms with Crippen molar-refractivity contribution in [3.63, 3.8) is 0 Å². The first-order valence-electron chi connectivity index (χ1n) is 6.86. The lowest BCUT2D eigenvalue weighted by Crippen LogP contribution is -2.34. The number of rotatable bonds is 2. The highest BCUT2D eigenvalue weighted by atomic mass is 19.4. The van der Waals surface area contributed by atoms with Crippen LogP contribution in [0.3, 0.4) is 0 Å². The van der Waals surface area contributed by atoms with Gasteiger partial charge in [0.05, 0.1) is 5.56 Å². The molecule has 0 aliphatic heterocycles. The Morgan fingerprint density at radius 1 is 1.15 bits per heavy atom. The number of hydrogen-bond donors (Lipinski definition) is 1. The largest absolute Gasteiger partial charge is 0.419 e. The number of nitrogens with two attached hydrogens (primary N) is 1. The summed E-state index contributed by atoms with van der Waals surface area (Å²) < 4.78 is 51.6. The lowest BCUT2D eigenvalue weighted by Gasteiger charge is -2.39. The highest BCUT2D eigenvalue weighted by Crippen LogP contribution is 2.45. The van der Waals surface area contributed by atoms with Crippen LogP contribution in [-0.4, -0.2) is 0 Å². The van der Waals surface area contributed by atoms with Crippen molar-refractivity contribution in [1.82, 2.24) is 0 Å². The molecule has 0 amide bonds. The third kappa shape index (κ3) is 2.97. The van der Waals surface area contributed by atoms with Crippen molar-refractivity contribution < 1.29 is 17.6 Å². The molecule has 1 aliphatic carbocycles. The zero-order valence-corrected chi connectivity index (χ0v) is 11.4. The van der Waals surface area contributed by atoms with E-state index in [9.17, 15) is 17.6 Å². The minimum Gasteiger partial charge on any atom is -0.323 e. The van der Waals surface area contributed by atoms with E-state index in [-0.39, 0.29) is 5.41 Å². The zero-order valence-electron chi connectivity index (χ0n) is 11.4. The van der Waals surface area contributed by atoms with Crippen molar-refractivity contribution in [3.8, 4) is 0 Å². The second kappa shape index (κ2) is 5.35. The fraction of sp³-hybridized carbons (Fsp3) is 0.600. The van der Waals surface area contributed by atoms with E-state index in [1.807, 2.05) is 6.92 Å². The highest BCUT2D eigenvalue weighted by molar-refractivity contribution is 5.30. The van der Waals surface area contributed by atoms with Crippen LogP contribution in [0.25, 0.3) is 0 Å². The van der Waals surface area contributed by atoms with E-state index in [0.717, 1.165) is 44.2 Å².